The van der Waals surface area contributed by atoms with Crippen LogP contribution in [0.15, 0.2) is 82.8 Å². The molecular formula is C26H26FN3O4S2. The largest absolute Gasteiger partial charge is 0.310 e. The van der Waals surface area contributed by atoms with Crippen molar-refractivity contribution in [2.24, 2.45) is 0 Å². The molecule has 5 rings (SSSR count). The number of aromatic nitrogens is 2. The van der Waals surface area contributed by atoms with Crippen LogP contribution in [0, 0.1) is 12.7 Å². The van der Waals surface area contributed by atoms with Crippen molar-refractivity contribution in [3.05, 3.63) is 89.7 Å². The van der Waals surface area contributed by atoms with Crippen LogP contribution in [-0.2, 0) is 26.4 Å². The highest BCUT2D eigenvalue weighted by atomic mass is 32.2. The third kappa shape index (κ3) is 4.56. The van der Waals surface area contributed by atoms with Crippen LogP contribution in [0.1, 0.15) is 24.0 Å². The molecule has 0 atom stereocenters. The molecular weight excluding hydrogens is 501 g/mol. The maximum atomic E-state index is 13.8. The van der Waals surface area contributed by atoms with Crippen molar-refractivity contribution < 1.29 is 21.2 Å². The van der Waals surface area contributed by atoms with E-state index in [1.54, 1.807) is 53.1 Å². The minimum atomic E-state index is -3.87. The van der Waals surface area contributed by atoms with E-state index in [4.69, 9.17) is 0 Å². The monoisotopic (exact) mass is 527 g/mol. The summed E-state index contributed by atoms with van der Waals surface area (Å²) in [4.78, 5) is 4.67. The van der Waals surface area contributed by atoms with Gasteiger partial charge in [-0.25, -0.2) is 26.2 Å². The van der Waals surface area contributed by atoms with Crippen molar-refractivity contribution in [2.45, 2.75) is 41.6 Å². The third-order valence-corrected chi connectivity index (χ3v) is 10.7. The fourth-order valence-electron chi connectivity index (χ4n) is 4.59. The van der Waals surface area contributed by atoms with Crippen LogP contribution >= 0.6 is 0 Å². The molecule has 10 heteroatoms. The second-order valence-electron chi connectivity index (χ2n) is 9.06. The number of piperidine rings is 1. The molecule has 0 saturated carbocycles. The summed E-state index contributed by atoms with van der Waals surface area (Å²) >= 11 is 0. The van der Waals surface area contributed by atoms with E-state index < -0.39 is 25.1 Å². The molecule has 1 aliphatic rings. The van der Waals surface area contributed by atoms with E-state index in [2.05, 4.69) is 4.98 Å². The van der Waals surface area contributed by atoms with Gasteiger partial charge < -0.3 is 4.57 Å². The average molecular weight is 528 g/mol. The molecule has 1 fully saturated rings. The van der Waals surface area contributed by atoms with Crippen LogP contribution in [0.4, 0.5) is 4.39 Å². The number of para-hydroxylation sites is 2. The molecule has 7 nitrogen and oxygen atoms in total. The highest BCUT2D eigenvalue weighted by Gasteiger charge is 2.38. The van der Waals surface area contributed by atoms with Crippen LogP contribution in [0.25, 0.3) is 11.0 Å². The number of nitrogens with zero attached hydrogens (tertiary/aromatic N) is 3. The molecule has 3 aromatic carbocycles. The van der Waals surface area contributed by atoms with Gasteiger partial charge in [0.05, 0.1) is 27.7 Å². The second kappa shape index (κ2) is 9.42. The number of halogens is 1. The van der Waals surface area contributed by atoms with Gasteiger partial charge in [-0.1, -0.05) is 42.0 Å². The first-order chi connectivity index (χ1) is 17.2. The van der Waals surface area contributed by atoms with Crippen molar-refractivity contribution in [3.8, 4) is 0 Å². The molecule has 0 unspecified atom stereocenters. The summed E-state index contributed by atoms with van der Waals surface area (Å²) in [5.74, 6) is -0.366. The topological polar surface area (TPSA) is 89.3 Å². The quantitative estimate of drug-likeness (QED) is 0.376. The van der Waals surface area contributed by atoms with Gasteiger partial charge >= 0.3 is 0 Å². The lowest BCUT2D eigenvalue weighted by molar-refractivity contribution is 0.344. The van der Waals surface area contributed by atoms with Gasteiger partial charge in [0, 0.05) is 13.1 Å². The van der Waals surface area contributed by atoms with Gasteiger partial charge in [0.25, 0.3) is 0 Å². The molecule has 36 heavy (non-hydrogen) atoms. The Hall–Kier alpha value is -3.08. The lowest BCUT2D eigenvalue weighted by Crippen LogP contribution is -2.42. The summed E-state index contributed by atoms with van der Waals surface area (Å²) in [5.41, 5.74) is 2.93. The fraction of sp³-hybridized carbons (Fsp3) is 0.269. The number of hydrogen-bond acceptors (Lipinski definition) is 5. The predicted molar refractivity (Wildman–Crippen MR) is 135 cm³/mol. The maximum absolute atomic E-state index is 13.8. The van der Waals surface area contributed by atoms with Gasteiger partial charge in [0.2, 0.25) is 25.0 Å². The number of rotatable bonds is 6. The van der Waals surface area contributed by atoms with E-state index in [1.807, 2.05) is 19.1 Å². The van der Waals surface area contributed by atoms with E-state index in [0.29, 0.717) is 11.0 Å². The smallest absolute Gasteiger partial charge is 0.243 e. The zero-order valence-corrected chi connectivity index (χ0v) is 21.3. The van der Waals surface area contributed by atoms with Gasteiger partial charge in [0.1, 0.15) is 5.82 Å². The lowest BCUT2D eigenvalue weighted by Gasteiger charge is -2.30. The van der Waals surface area contributed by atoms with Gasteiger partial charge in [-0.2, -0.15) is 4.31 Å². The van der Waals surface area contributed by atoms with Crippen LogP contribution in [-0.4, -0.2) is 49.0 Å². The zero-order valence-electron chi connectivity index (χ0n) is 19.7. The first kappa shape index (κ1) is 24.6. The highest BCUT2D eigenvalue weighted by Crippen LogP contribution is 2.30. The predicted octanol–water partition coefficient (Wildman–Crippen LogP) is 4.16. The van der Waals surface area contributed by atoms with Crippen molar-refractivity contribution >= 4 is 30.9 Å². The van der Waals surface area contributed by atoms with Crippen LogP contribution in [0.3, 0.4) is 0 Å². The van der Waals surface area contributed by atoms with Crippen molar-refractivity contribution in [2.75, 3.05) is 13.1 Å². The third-order valence-electron chi connectivity index (χ3n) is 6.63. The summed E-state index contributed by atoms with van der Waals surface area (Å²) in [6, 6.07) is 19.7. The molecule has 4 aromatic rings. The molecule has 0 spiro atoms. The standard InChI is InChI=1S/C26H26FN3O4S2/c1-19-6-12-23(13-7-19)36(33,34)29-16-14-22(15-17-29)35(31,32)26-28-24-4-2-3-5-25(24)30(26)18-20-8-10-21(27)11-9-20/h2-13,22H,14-18H2,1H3. The molecule has 0 radical (unpaired) electrons. The molecule has 0 amide bonds. The van der Waals surface area contributed by atoms with Gasteiger partial charge in [-0.3, -0.25) is 0 Å². The highest BCUT2D eigenvalue weighted by molar-refractivity contribution is 7.92. The molecule has 0 bridgehead atoms. The number of sulfonamides is 1. The Labute approximate surface area is 210 Å². The van der Waals surface area contributed by atoms with Crippen LogP contribution in [0.2, 0.25) is 0 Å². The molecule has 0 N–H and O–H groups in total. The Balaban J connectivity index is 1.42. The van der Waals surface area contributed by atoms with Crippen molar-refractivity contribution in [1.29, 1.82) is 0 Å². The van der Waals surface area contributed by atoms with Crippen molar-refractivity contribution in [3.63, 3.8) is 0 Å². The molecule has 1 aromatic heterocycles. The van der Waals surface area contributed by atoms with Crippen molar-refractivity contribution in [1.82, 2.24) is 13.9 Å². The van der Waals surface area contributed by atoms with E-state index in [1.165, 1.54) is 16.4 Å². The number of aryl methyl sites for hydroxylation is 1. The summed E-state index contributed by atoms with van der Waals surface area (Å²) in [6.45, 7) is 2.32. The number of hydrogen-bond donors (Lipinski definition) is 0. The van der Waals surface area contributed by atoms with Crippen LogP contribution < -0.4 is 0 Å². The lowest BCUT2D eigenvalue weighted by atomic mass is 10.2. The normalized spacial score (nSPS) is 15.9. The first-order valence-electron chi connectivity index (χ1n) is 11.7. The number of benzene rings is 3. The molecule has 0 aliphatic carbocycles. The minimum Gasteiger partial charge on any atom is -0.310 e. The Bertz CT molecular complexity index is 1610. The Kier molecular flexibility index (Phi) is 6.44. The molecule has 188 valence electrons. The number of imidazole rings is 1. The van der Waals surface area contributed by atoms with E-state index in [9.17, 15) is 21.2 Å². The second-order valence-corrected chi connectivity index (χ2v) is 13.1. The van der Waals surface area contributed by atoms with E-state index in [0.717, 1.165) is 11.1 Å². The Morgan fingerprint density at radius 3 is 2.19 bits per heavy atom. The Morgan fingerprint density at radius 2 is 1.53 bits per heavy atom. The SMILES string of the molecule is Cc1ccc(S(=O)(=O)N2CCC(S(=O)(=O)c3nc4ccccc4n3Cc3ccc(F)cc3)CC2)cc1. The van der Waals surface area contributed by atoms with E-state index in [-0.39, 0.29) is 48.3 Å². The summed E-state index contributed by atoms with van der Waals surface area (Å²) in [5, 5.41) is -0.807. The molecule has 1 aliphatic heterocycles. The molecule has 1 saturated heterocycles. The van der Waals surface area contributed by atoms with Gasteiger partial charge in [0.15, 0.2) is 0 Å². The average Bonchev–Trinajstić information content (AvgIpc) is 3.25. The van der Waals surface area contributed by atoms with Crippen LogP contribution in [0.5, 0.6) is 0 Å². The molecule has 2 heterocycles. The summed E-state index contributed by atoms with van der Waals surface area (Å²) in [7, 11) is -7.56. The summed E-state index contributed by atoms with van der Waals surface area (Å²) in [6.07, 6.45) is 0.348. The van der Waals surface area contributed by atoms with Gasteiger partial charge in [-0.05, 0) is 61.7 Å². The number of fused-ring (bicyclic) bond motifs is 1. The minimum absolute atomic E-state index is 0.0483. The Morgan fingerprint density at radius 1 is 0.889 bits per heavy atom. The number of sulfone groups is 1. The zero-order chi connectivity index (χ0) is 25.5. The maximum Gasteiger partial charge on any atom is 0.243 e. The van der Waals surface area contributed by atoms with Gasteiger partial charge in [-0.15, -0.1) is 0 Å². The first-order valence-corrected chi connectivity index (χ1v) is 14.7. The van der Waals surface area contributed by atoms with E-state index >= 15 is 0 Å². The fourth-order valence-corrected chi connectivity index (χ4v) is 7.88. The summed E-state index contributed by atoms with van der Waals surface area (Å²) < 4.78 is 70.1.